The first-order valence-corrected chi connectivity index (χ1v) is 5.32. The monoisotopic (exact) mass is 245 g/mol. The molecule has 0 saturated carbocycles. The molecular formula is C10H19N3O4. The van der Waals surface area contributed by atoms with Gasteiger partial charge in [0, 0.05) is 6.54 Å². The summed E-state index contributed by atoms with van der Waals surface area (Å²) in [5.41, 5.74) is 10.1. The Hall–Kier alpha value is -1.63. The number of nitrogens with two attached hydrogens (primary N) is 2. The standard InChI is InChI=1S/C10H19N3O4/c1-3-17-10(16)7(2)4-13(5-8(11)14)6-9(12)15/h7H,3-6H2,1-2H3,(H2,11,14)(H2,12,15). The Kier molecular flexibility index (Phi) is 6.88. The Morgan fingerprint density at radius 3 is 2.00 bits per heavy atom. The minimum Gasteiger partial charge on any atom is -0.466 e. The number of hydrogen-bond acceptors (Lipinski definition) is 5. The number of rotatable bonds is 8. The molecule has 0 aliphatic rings. The number of esters is 1. The average molecular weight is 245 g/mol. The molecule has 0 heterocycles. The molecule has 0 aromatic rings. The number of amides is 2. The number of hydrogen-bond donors (Lipinski definition) is 2. The summed E-state index contributed by atoms with van der Waals surface area (Å²) < 4.78 is 4.82. The predicted molar refractivity (Wildman–Crippen MR) is 60.6 cm³/mol. The van der Waals surface area contributed by atoms with Crippen molar-refractivity contribution in [1.29, 1.82) is 0 Å². The molecule has 7 nitrogen and oxygen atoms in total. The third kappa shape index (κ3) is 7.29. The fourth-order valence-corrected chi connectivity index (χ4v) is 1.37. The van der Waals surface area contributed by atoms with Crippen LogP contribution in [-0.2, 0) is 19.1 Å². The van der Waals surface area contributed by atoms with Gasteiger partial charge in [0.25, 0.3) is 0 Å². The van der Waals surface area contributed by atoms with Crippen LogP contribution in [0, 0.1) is 5.92 Å². The first-order chi connectivity index (χ1) is 7.86. The van der Waals surface area contributed by atoms with Crippen molar-refractivity contribution in [3.8, 4) is 0 Å². The number of nitrogens with zero attached hydrogens (tertiary/aromatic N) is 1. The summed E-state index contributed by atoms with van der Waals surface area (Å²) in [7, 11) is 0. The molecule has 0 aliphatic carbocycles. The maximum atomic E-state index is 11.4. The highest BCUT2D eigenvalue weighted by Crippen LogP contribution is 2.02. The van der Waals surface area contributed by atoms with Gasteiger partial charge in [0.2, 0.25) is 11.8 Å². The van der Waals surface area contributed by atoms with E-state index in [0.29, 0.717) is 0 Å². The largest absolute Gasteiger partial charge is 0.466 e. The Morgan fingerprint density at radius 1 is 1.18 bits per heavy atom. The smallest absolute Gasteiger partial charge is 0.309 e. The van der Waals surface area contributed by atoms with Crippen LogP contribution in [-0.4, -0.2) is 48.9 Å². The number of primary amides is 2. The van der Waals surface area contributed by atoms with Gasteiger partial charge in [-0.2, -0.15) is 0 Å². The van der Waals surface area contributed by atoms with E-state index in [0.717, 1.165) is 0 Å². The van der Waals surface area contributed by atoms with Crippen LogP contribution in [0.15, 0.2) is 0 Å². The van der Waals surface area contributed by atoms with Crippen LogP contribution in [0.2, 0.25) is 0 Å². The molecule has 98 valence electrons. The van der Waals surface area contributed by atoms with Gasteiger partial charge in [0.15, 0.2) is 0 Å². The van der Waals surface area contributed by atoms with Gasteiger partial charge in [-0.15, -0.1) is 0 Å². The van der Waals surface area contributed by atoms with Crippen molar-refractivity contribution in [2.24, 2.45) is 17.4 Å². The molecule has 0 saturated heterocycles. The molecule has 0 aliphatic heterocycles. The van der Waals surface area contributed by atoms with Crippen LogP contribution in [0.3, 0.4) is 0 Å². The van der Waals surface area contributed by atoms with Crippen LogP contribution in [0.4, 0.5) is 0 Å². The molecule has 1 atom stereocenters. The second-order valence-corrected chi connectivity index (χ2v) is 3.76. The van der Waals surface area contributed by atoms with Crippen molar-refractivity contribution in [2.75, 3.05) is 26.2 Å². The molecule has 17 heavy (non-hydrogen) atoms. The second-order valence-electron chi connectivity index (χ2n) is 3.76. The lowest BCUT2D eigenvalue weighted by molar-refractivity contribution is -0.148. The Labute approximate surface area is 100 Å². The normalized spacial score (nSPS) is 12.2. The van der Waals surface area contributed by atoms with E-state index in [2.05, 4.69) is 0 Å². The van der Waals surface area contributed by atoms with Gasteiger partial charge in [0.1, 0.15) is 0 Å². The summed E-state index contributed by atoms with van der Waals surface area (Å²) in [6.45, 7) is 3.60. The fourth-order valence-electron chi connectivity index (χ4n) is 1.37. The maximum Gasteiger partial charge on any atom is 0.309 e. The summed E-state index contributed by atoms with van der Waals surface area (Å²) in [5.74, 6) is -2.00. The molecule has 1 unspecified atom stereocenters. The quantitative estimate of drug-likeness (QED) is 0.503. The molecule has 0 rings (SSSR count). The van der Waals surface area contributed by atoms with Crippen LogP contribution < -0.4 is 11.5 Å². The summed E-state index contributed by atoms with van der Waals surface area (Å²) in [6, 6.07) is 0. The molecule has 2 amide bonds. The third-order valence-electron chi connectivity index (χ3n) is 1.98. The first kappa shape index (κ1) is 15.4. The van der Waals surface area contributed by atoms with Crippen molar-refractivity contribution in [3.63, 3.8) is 0 Å². The lowest BCUT2D eigenvalue weighted by Crippen LogP contribution is -2.43. The highest BCUT2D eigenvalue weighted by atomic mass is 16.5. The van der Waals surface area contributed by atoms with E-state index in [1.54, 1.807) is 13.8 Å². The van der Waals surface area contributed by atoms with E-state index in [1.807, 2.05) is 0 Å². The third-order valence-corrected chi connectivity index (χ3v) is 1.98. The molecule has 0 aromatic carbocycles. The first-order valence-electron chi connectivity index (χ1n) is 5.32. The van der Waals surface area contributed by atoms with Crippen LogP contribution in [0.25, 0.3) is 0 Å². The summed E-state index contributed by atoms with van der Waals surface area (Å²) in [6.07, 6.45) is 0. The molecule has 4 N–H and O–H groups in total. The van der Waals surface area contributed by atoms with E-state index in [9.17, 15) is 14.4 Å². The number of carbonyl (C=O) groups is 3. The van der Waals surface area contributed by atoms with E-state index >= 15 is 0 Å². The number of ether oxygens (including phenoxy) is 1. The van der Waals surface area contributed by atoms with Crippen molar-refractivity contribution in [1.82, 2.24) is 4.90 Å². The fraction of sp³-hybridized carbons (Fsp3) is 0.700. The van der Waals surface area contributed by atoms with Crippen LogP contribution in [0.5, 0.6) is 0 Å². The van der Waals surface area contributed by atoms with Crippen molar-refractivity contribution >= 4 is 17.8 Å². The molecule has 0 bridgehead atoms. The van der Waals surface area contributed by atoms with Gasteiger partial charge >= 0.3 is 5.97 Å². The highest BCUT2D eigenvalue weighted by molar-refractivity contribution is 5.79. The van der Waals surface area contributed by atoms with Gasteiger partial charge in [-0.05, 0) is 6.92 Å². The molecular weight excluding hydrogens is 226 g/mol. The Morgan fingerprint density at radius 2 is 1.65 bits per heavy atom. The van der Waals surface area contributed by atoms with E-state index < -0.39 is 17.7 Å². The van der Waals surface area contributed by atoms with Gasteiger partial charge < -0.3 is 16.2 Å². The molecule has 7 heteroatoms. The molecule has 0 spiro atoms. The van der Waals surface area contributed by atoms with Gasteiger partial charge in [-0.25, -0.2) is 0 Å². The molecule has 0 aromatic heterocycles. The Bertz CT molecular complexity index is 277. The number of carbonyl (C=O) groups excluding carboxylic acids is 3. The SMILES string of the molecule is CCOC(=O)C(C)CN(CC(N)=O)CC(N)=O. The zero-order valence-corrected chi connectivity index (χ0v) is 10.1. The minimum atomic E-state index is -0.581. The van der Waals surface area contributed by atoms with Crippen molar-refractivity contribution in [3.05, 3.63) is 0 Å². The van der Waals surface area contributed by atoms with Gasteiger partial charge in [0.05, 0.1) is 25.6 Å². The summed E-state index contributed by atoms with van der Waals surface area (Å²) in [4.78, 5) is 34.4. The van der Waals surface area contributed by atoms with Gasteiger partial charge in [-0.1, -0.05) is 6.92 Å². The highest BCUT2D eigenvalue weighted by Gasteiger charge is 2.20. The van der Waals surface area contributed by atoms with E-state index in [1.165, 1.54) is 4.90 Å². The molecule has 0 radical (unpaired) electrons. The van der Waals surface area contributed by atoms with Gasteiger partial charge in [-0.3, -0.25) is 19.3 Å². The summed E-state index contributed by atoms with van der Waals surface area (Å²) >= 11 is 0. The summed E-state index contributed by atoms with van der Waals surface area (Å²) in [5, 5.41) is 0. The average Bonchev–Trinajstić information content (AvgIpc) is 2.15. The predicted octanol–water partition coefficient (Wildman–Crippen LogP) is -1.54. The van der Waals surface area contributed by atoms with Crippen molar-refractivity contribution < 1.29 is 19.1 Å². The zero-order chi connectivity index (χ0) is 13.4. The van der Waals surface area contributed by atoms with Crippen LogP contribution in [0.1, 0.15) is 13.8 Å². The van der Waals surface area contributed by atoms with Crippen LogP contribution >= 0.6 is 0 Å². The second kappa shape index (κ2) is 7.61. The topological polar surface area (TPSA) is 116 Å². The lowest BCUT2D eigenvalue weighted by Gasteiger charge is -2.21. The van der Waals surface area contributed by atoms with E-state index in [-0.39, 0.29) is 32.2 Å². The maximum absolute atomic E-state index is 11.4. The molecule has 0 fully saturated rings. The minimum absolute atomic E-state index is 0.118. The lowest BCUT2D eigenvalue weighted by atomic mass is 10.1. The zero-order valence-electron chi connectivity index (χ0n) is 10.1. The van der Waals surface area contributed by atoms with E-state index in [4.69, 9.17) is 16.2 Å². The van der Waals surface area contributed by atoms with Crippen molar-refractivity contribution in [2.45, 2.75) is 13.8 Å². The Balaban J connectivity index is 4.35.